The van der Waals surface area contributed by atoms with E-state index >= 15 is 0 Å². The van der Waals surface area contributed by atoms with E-state index in [-0.39, 0.29) is 0 Å². The zero-order valence-corrected chi connectivity index (χ0v) is 15.2. The number of nitrogens with one attached hydrogen (secondary N) is 2. The molecule has 3 rings (SSSR count). The van der Waals surface area contributed by atoms with Gasteiger partial charge in [-0.05, 0) is 55.2 Å². The molecule has 0 amide bonds. The van der Waals surface area contributed by atoms with Crippen LogP contribution in [0.1, 0.15) is 23.1 Å². The molecule has 126 valence electrons. The maximum Gasteiger partial charge on any atom is 0.171 e. The van der Waals surface area contributed by atoms with Gasteiger partial charge in [0.05, 0.1) is 0 Å². The highest BCUT2D eigenvalue weighted by molar-refractivity contribution is 7.80. The molecule has 0 radical (unpaired) electrons. The second kappa shape index (κ2) is 7.77. The molecule has 2 aromatic rings. The summed E-state index contributed by atoms with van der Waals surface area (Å²) in [6.07, 6.45) is 1.13. The van der Waals surface area contributed by atoms with Crippen molar-refractivity contribution in [3.05, 3.63) is 65.2 Å². The number of likely N-dealkylation sites (tertiary alicyclic amines) is 1. The standard InChI is InChI=1S/C20H25N3S/c1-15-8-9-16(2)19(12-15)22-20(24)21-18-10-11-23(14-18)13-17-6-4-3-5-7-17/h3-9,12,18H,10-11,13-14H2,1-2H3,(H2,21,22,24)/t18-/m0/s1. The summed E-state index contributed by atoms with van der Waals surface area (Å²) < 4.78 is 0. The molecule has 1 atom stereocenters. The first-order valence-corrected chi connectivity index (χ1v) is 8.92. The molecule has 0 unspecified atom stereocenters. The Balaban J connectivity index is 1.50. The molecule has 4 heteroatoms. The van der Waals surface area contributed by atoms with Crippen LogP contribution < -0.4 is 10.6 Å². The summed E-state index contributed by atoms with van der Waals surface area (Å²) in [4.78, 5) is 2.48. The van der Waals surface area contributed by atoms with Crippen molar-refractivity contribution >= 4 is 23.0 Å². The maximum atomic E-state index is 5.50. The Morgan fingerprint density at radius 2 is 1.96 bits per heavy atom. The average molecular weight is 340 g/mol. The van der Waals surface area contributed by atoms with Gasteiger partial charge in [-0.2, -0.15) is 0 Å². The van der Waals surface area contributed by atoms with E-state index in [1.807, 2.05) is 0 Å². The Kier molecular flexibility index (Phi) is 5.48. The normalized spacial score (nSPS) is 17.7. The van der Waals surface area contributed by atoms with E-state index in [1.54, 1.807) is 0 Å². The van der Waals surface area contributed by atoms with Crippen molar-refractivity contribution in [3.63, 3.8) is 0 Å². The average Bonchev–Trinajstić information content (AvgIpc) is 2.98. The molecule has 0 spiro atoms. The summed E-state index contributed by atoms with van der Waals surface area (Å²) in [5.41, 5.74) is 4.91. The molecule has 24 heavy (non-hydrogen) atoms. The topological polar surface area (TPSA) is 27.3 Å². The van der Waals surface area contributed by atoms with Gasteiger partial charge in [-0.1, -0.05) is 42.5 Å². The fourth-order valence-electron chi connectivity index (χ4n) is 3.15. The van der Waals surface area contributed by atoms with Crippen molar-refractivity contribution in [2.75, 3.05) is 18.4 Å². The lowest BCUT2D eigenvalue weighted by molar-refractivity contribution is 0.324. The lowest BCUT2D eigenvalue weighted by Crippen LogP contribution is -2.39. The van der Waals surface area contributed by atoms with E-state index in [0.717, 1.165) is 36.9 Å². The summed E-state index contributed by atoms with van der Waals surface area (Å²) in [6, 6.07) is 17.4. The van der Waals surface area contributed by atoms with E-state index < -0.39 is 0 Å². The Bertz CT molecular complexity index is 699. The molecule has 0 aromatic heterocycles. The van der Waals surface area contributed by atoms with Crippen LogP contribution in [-0.2, 0) is 6.54 Å². The predicted octanol–water partition coefficient (Wildman–Crippen LogP) is 3.86. The number of aryl methyl sites for hydroxylation is 2. The number of rotatable bonds is 4. The van der Waals surface area contributed by atoms with Crippen molar-refractivity contribution in [2.24, 2.45) is 0 Å². The van der Waals surface area contributed by atoms with Crippen molar-refractivity contribution in [1.82, 2.24) is 10.2 Å². The first kappa shape index (κ1) is 16.9. The van der Waals surface area contributed by atoms with Gasteiger partial charge in [0.2, 0.25) is 0 Å². The number of thiocarbonyl (C=S) groups is 1. The zero-order chi connectivity index (χ0) is 16.9. The highest BCUT2D eigenvalue weighted by Gasteiger charge is 2.22. The fraction of sp³-hybridized carbons (Fsp3) is 0.350. The van der Waals surface area contributed by atoms with Crippen LogP contribution in [0.3, 0.4) is 0 Å². The van der Waals surface area contributed by atoms with Crippen molar-refractivity contribution in [2.45, 2.75) is 32.9 Å². The van der Waals surface area contributed by atoms with Gasteiger partial charge in [-0.25, -0.2) is 0 Å². The van der Waals surface area contributed by atoms with Crippen LogP contribution in [0.15, 0.2) is 48.5 Å². The largest absolute Gasteiger partial charge is 0.358 e. The molecule has 0 saturated carbocycles. The Morgan fingerprint density at radius 1 is 1.17 bits per heavy atom. The van der Waals surface area contributed by atoms with Crippen LogP contribution in [0.2, 0.25) is 0 Å². The van der Waals surface area contributed by atoms with Gasteiger partial charge in [0.25, 0.3) is 0 Å². The van der Waals surface area contributed by atoms with Crippen molar-refractivity contribution in [1.29, 1.82) is 0 Å². The Labute approximate surface area is 150 Å². The molecule has 1 saturated heterocycles. The second-order valence-electron chi connectivity index (χ2n) is 6.62. The van der Waals surface area contributed by atoms with Gasteiger partial charge in [0.15, 0.2) is 5.11 Å². The molecule has 0 aliphatic carbocycles. The van der Waals surface area contributed by atoms with Crippen LogP contribution in [0, 0.1) is 13.8 Å². The minimum atomic E-state index is 0.416. The minimum absolute atomic E-state index is 0.416. The summed E-state index contributed by atoms with van der Waals surface area (Å²) in [6.45, 7) is 7.35. The summed E-state index contributed by atoms with van der Waals surface area (Å²) in [5, 5.41) is 7.53. The molecule has 1 fully saturated rings. The van der Waals surface area contributed by atoms with Gasteiger partial charge >= 0.3 is 0 Å². The number of nitrogens with zero attached hydrogens (tertiary/aromatic N) is 1. The second-order valence-corrected chi connectivity index (χ2v) is 7.03. The van der Waals surface area contributed by atoms with Gasteiger partial charge in [0, 0.05) is 31.4 Å². The first-order valence-electron chi connectivity index (χ1n) is 8.51. The zero-order valence-electron chi connectivity index (χ0n) is 14.4. The summed E-state index contributed by atoms with van der Waals surface area (Å²) in [5.74, 6) is 0. The van der Waals surface area contributed by atoms with Gasteiger partial charge in [-0.15, -0.1) is 0 Å². The SMILES string of the molecule is Cc1ccc(C)c(NC(=S)N[C@H]2CCN(Cc3ccccc3)C2)c1. The van der Waals surface area contributed by atoms with Crippen LogP contribution in [-0.4, -0.2) is 29.1 Å². The molecule has 0 bridgehead atoms. The van der Waals surface area contributed by atoms with Gasteiger partial charge in [-0.3, -0.25) is 4.90 Å². The quantitative estimate of drug-likeness (QED) is 0.827. The van der Waals surface area contributed by atoms with E-state index in [1.165, 1.54) is 16.7 Å². The molecule has 2 N–H and O–H groups in total. The van der Waals surface area contributed by atoms with E-state index in [4.69, 9.17) is 12.2 Å². The maximum absolute atomic E-state index is 5.50. The minimum Gasteiger partial charge on any atom is -0.358 e. The Morgan fingerprint density at radius 3 is 2.75 bits per heavy atom. The summed E-state index contributed by atoms with van der Waals surface area (Å²) in [7, 11) is 0. The molecule has 3 nitrogen and oxygen atoms in total. The van der Waals surface area contributed by atoms with Crippen molar-refractivity contribution in [3.8, 4) is 0 Å². The third kappa shape index (κ3) is 4.56. The molecular weight excluding hydrogens is 314 g/mol. The Hall–Kier alpha value is -1.91. The molecule has 1 aliphatic heterocycles. The van der Waals surface area contributed by atoms with Gasteiger partial charge in [0.1, 0.15) is 0 Å². The van der Waals surface area contributed by atoms with Crippen LogP contribution in [0.4, 0.5) is 5.69 Å². The highest BCUT2D eigenvalue weighted by atomic mass is 32.1. The molecular formula is C20H25N3S. The highest BCUT2D eigenvalue weighted by Crippen LogP contribution is 2.17. The lowest BCUT2D eigenvalue weighted by Gasteiger charge is -2.19. The van der Waals surface area contributed by atoms with Gasteiger partial charge < -0.3 is 10.6 Å². The van der Waals surface area contributed by atoms with Crippen molar-refractivity contribution < 1.29 is 0 Å². The number of hydrogen-bond acceptors (Lipinski definition) is 2. The number of hydrogen-bond donors (Lipinski definition) is 2. The van der Waals surface area contributed by atoms with Crippen LogP contribution in [0.5, 0.6) is 0 Å². The molecule has 1 aliphatic rings. The molecule has 2 aromatic carbocycles. The fourth-order valence-corrected chi connectivity index (χ4v) is 3.43. The van der Waals surface area contributed by atoms with Crippen LogP contribution in [0.25, 0.3) is 0 Å². The molecule has 1 heterocycles. The van der Waals surface area contributed by atoms with E-state index in [2.05, 4.69) is 77.9 Å². The van der Waals surface area contributed by atoms with E-state index in [0.29, 0.717) is 6.04 Å². The smallest absolute Gasteiger partial charge is 0.171 e. The summed E-state index contributed by atoms with van der Waals surface area (Å²) >= 11 is 5.50. The number of benzene rings is 2. The predicted molar refractivity (Wildman–Crippen MR) is 105 cm³/mol. The monoisotopic (exact) mass is 339 g/mol. The lowest BCUT2D eigenvalue weighted by atomic mass is 10.1. The third-order valence-corrected chi connectivity index (χ3v) is 4.72. The first-order chi connectivity index (χ1) is 11.6. The number of anilines is 1. The third-order valence-electron chi connectivity index (χ3n) is 4.50. The van der Waals surface area contributed by atoms with E-state index in [9.17, 15) is 0 Å². The van der Waals surface area contributed by atoms with Crippen LogP contribution >= 0.6 is 12.2 Å².